The maximum atomic E-state index is 12.1. The fourth-order valence-electron chi connectivity index (χ4n) is 3.05. The van der Waals surface area contributed by atoms with Crippen LogP contribution in [0.3, 0.4) is 0 Å². The van der Waals surface area contributed by atoms with Gasteiger partial charge >= 0.3 is 29.1 Å². The third-order valence-corrected chi connectivity index (χ3v) is 8.69. The van der Waals surface area contributed by atoms with Crippen LogP contribution in [0.2, 0.25) is 0 Å². The molecule has 2 aromatic rings. The smallest absolute Gasteiger partial charge is 0.387 e. The van der Waals surface area contributed by atoms with Crippen LogP contribution in [0.5, 0.6) is 0 Å². The monoisotopic (exact) mass is 552 g/mol. The number of aliphatic hydroxyl groups is 2. The van der Waals surface area contributed by atoms with Crippen molar-refractivity contribution < 1.29 is 65.6 Å². The molecule has 0 bridgehead atoms. The van der Waals surface area contributed by atoms with Crippen molar-refractivity contribution in [2.75, 3.05) is 19.5 Å². The summed E-state index contributed by atoms with van der Waals surface area (Å²) in [6.45, 7) is -0.967. The molecule has 1 saturated heterocycles. The largest absolute Gasteiger partial charge is 0.490 e. The molecule has 0 aliphatic carbocycles. The summed E-state index contributed by atoms with van der Waals surface area (Å²) in [6, 6.07) is 0. The number of rotatable bonds is 9. The summed E-state index contributed by atoms with van der Waals surface area (Å²) in [7, 11) is -14.0. The van der Waals surface area contributed by atoms with Crippen molar-refractivity contribution in [2.24, 2.45) is 7.05 Å². The van der Waals surface area contributed by atoms with E-state index in [9.17, 15) is 38.5 Å². The molecule has 1 aliphatic heterocycles. The third-order valence-electron chi connectivity index (χ3n) is 4.45. The van der Waals surface area contributed by atoms with Crippen molar-refractivity contribution in [1.82, 2.24) is 14.5 Å². The first kappa shape index (κ1) is 27.0. The van der Waals surface area contributed by atoms with Crippen LogP contribution in [0.1, 0.15) is 6.23 Å². The lowest BCUT2D eigenvalue weighted by atomic mass is 10.1. The number of nitrogens with two attached hydrogens (primary N) is 1. The number of imidazole rings is 1. The maximum absolute atomic E-state index is 12.1. The first-order valence-corrected chi connectivity index (χ1v) is 13.4. The van der Waals surface area contributed by atoms with Gasteiger partial charge in [0.15, 0.2) is 6.33 Å². The van der Waals surface area contributed by atoms with E-state index in [0.717, 1.165) is 0 Å². The highest BCUT2D eigenvalue weighted by molar-refractivity contribution is 7.66. The molecule has 3 heterocycles. The Labute approximate surface area is 189 Å². The Morgan fingerprint density at radius 3 is 2.41 bits per heavy atom. The van der Waals surface area contributed by atoms with E-state index in [1.165, 1.54) is 22.5 Å². The minimum atomic E-state index is -5.62. The molecule has 3 rings (SSSR count). The Bertz CT molecular complexity index is 1280. The Morgan fingerprint density at radius 1 is 1.18 bits per heavy atom. The van der Waals surface area contributed by atoms with Crippen LogP contribution in [-0.2, 0) is 43.1 Å². The van der Waals surface area contributed by atoms with Gasteiger partial charge in [-0.2, -0.15) is 8.62 Å². The van der Waals surface area contributed by atoms with Crippen molar-refractivity contribution >= 4 is 40.6 Å². The van der Waals surface area contributed by atoms with E-state index in [1.807, 2.05) is 0 Å². The van der Waals surface area contributed by atoms with E-state index in [4.69, 9.17) is 15.4 Å². The molecule has 7 atom stereocenters. The zero-order valence-corrected chi connectivity index (χ0v) is 19.9. The zero-order valence-electron chi connectivity index (χ0n) is 17.3. The molecule has 19 nitrogen and oxygen atoms in total. The van der Waals surface area contributed by atoms with Gasteiger partial charge < -0.3 is 35.4 Å². The quantitative estimate of drug-likeness (QED) is 0.128. The topological polar surface area (TPSA) is 279 Å². The number of H-pyrrole nitrogens is 1. The van der Waals surface area contributed by atoms with E-state index in [1.54, 1.807) is 0 Å². The molecule has 22 heteroatoms. The number of nitrogens with one attached hydrogen (secondary N) is 1. The molecule has 0 radical (unpaired) electrons. The molecule has 192 valence electrons. The summed E-state index contributed by atoms with van der Waals surface area (Å²) in [6.07, 6.45) is -4.91. The second-order valence-corrected chi connectivity index (χ2v) is 11.6. The molecule has 2 aromatic heterocycles. The predicted molar refractivity (Wildman–Crippen MR) is 106 cm³/mol. The summed E-state index contributed by atoms with van der Waals surface area (Å²) in [5.41, 5.74) is 5.01. The fourth-order valence-corrected chi connectivity index (χ4v) is 6.32. The summed E-state index contributed by atoms with van der Waals surface area (Å²) in [4.78, 5) is 46.4. The number of aromatic nitrogens is 4. The van der Waals surface area contributed by atoms with E-state index >= 15 is 0 Å². The van der Waals surface area contributed by atoms with Crippen molar-refractivity contribution in [3.63, 3.8) is 0 Å². The summed E-state index contributed by atoms with van der Waals surface area (Å²) < 4.78 is 58.9. The molecule has 0 amide bonds. The van der Waals surface area contributed by atoms with Gasteiger partial charge in [-0.1, -0.05) is 4.98 Å². The van der Waals surface area contributed by atoms with Crippen LogP contribution >= 0.6 is 23.5 Å². The minimum absolute atomic E-state index is 0.0114. The van der Waals surface area contributed by atoms with Crippen LogP contribution in [0.25, 0.3) is 11.2 Å². The summed E-state index contributed by atoms with van der Waals surface area (Å²) in [5.74, 6) is -0.236. The van der Waals surface area contributed by atoms with E-state index in [-0.39, 0.29) is 17.1 Å². The van der Waals surface area contributed by atoms with Gasteiger partial charge in [-0.15, -0.1) is 0 Å². The Hall–Kier alpha value is -1.56. The number of fused-ring (bicyclic) bond motifs is 1. The zero-order chi connectivity index (χ0) is 25.6. The molecule has 1 aliphatic rings. The Kier molecular flexibility index (Phi) is 7.54. The van der Waals surface area contributed by atoms with Gasteiger partial charge in [0.1, 0.15) is 18.3 Å². The van der Waals surface area contributed by atoms with Crippen LogP contribution in [0, 0.1) is 0 Å². The van der Waals surface area contributed by atoms with Crippen molar-refractivity contribution in [2.45, 2.75) is 24.5 Å². The molecule has 0 saturated carbocycles. The molecular weight excluding hydrogens is 531 g/mol. The highest BCUT2D eigenvalue weighted by atomic mass is 31.3. The van der Waals surface area contributed by atoms with Crippen LogP contribution in [-0.4, -0.2) is 71.5 Å². The van der Waals surface area contributed by atoms with E-state index in [0.29, 0.717) is 7.11 Å². The Balaban J connectivity index is 1.75. The SMILES string of the molecule is COP(=O)(O)OP(=O)(O)OP(=O)(O)OC[C@H]1O[C@@H]([n+]2cn(C)c3c(=O)[nH]c(N)nc32)[C@@H](O)C1O. The standard InChI is InChI=1S/C12H20N5O14P3/c1-16-4-17(9-6(16)10(20)15-12(13)14-9)11-8(19)7(18)5(29-11)3-28-33(23,24)31-34(25,26)30-32(21,22)27-2/h4-5,7-8,11,18-19H,3H2,1-2H3,(H5-,13,14,15,20,21,22,23,24,25,26)/p+1/t5-,7?,8+,11-/m1/s1. The van der Waals surface area contributed by atoms with Crippen molar-refractivity contribution in [3.05, 3.63) is 16.7 Å². The second kappa shape index (κ2) is 9.48. The van der Waals surface area contributed by atoms with Gasteiger partial charge in [0.05, 0.1) is 13.7 Å². The summed E-state index contributed by atoms with van der Waals surface area (Å²) in [5, 5.41) is 20.7. The fraction of sp³-hybridized carbons (Fsp3) is 0.583. The highest BCUT2D eigenvalue weighted by Gasteiger charge is 2.49. The number of anilines is 1. The minimum Gasteiger partial charge on any atom is -0.387 e. The number of hydrogen-bond donors (Lipinski definition) is 7. The number of ether oxygens (including phenoxy) is 1. The number of nitrogen functional groups attached to an aromatic ring is 1. The molecule has 4 unspecified atom stereocenters. The Morgan fingerprint density at radius 2 is 1.79 bits per heavy atom. The molecule has 1 fully saturated rings. The number of hydrogen-bond acceptors (Lipinski definition) is 13. The van der Waals surface area contributed by atoms with Gasteiger partial charge in [-0.05, 0) is 0 Å². The average Bonchev–Trinajstić information content (AvgIpc) is 3.15. The predicted octanol–water partition coefficient (Wildman–Crippen LogP) is -2.25. The number of nitrogens with zero attached hydrogens (tertiary/aromatic N) is 3. The average molecular weight is 552 g/mol. The normalized spacial score (nSPS) is 28.4. The van der Waals surface area contributed by atoms with Gasteiger partial charge in [-0.25, -0.2) is 18.3 Å². The van der Waals surface area contributed by atoms with Gasteiger partial charge in [0, 0.05) is 7.11 Å². The molecule has 0 aromatic carbocycles. The highest BCUT2D eigenvalue weighted by Crippen LogP contribution is 2.67. The molecular formula is C12H21N5O14P3+. The first-order valence-electron chi connectivity index (χ1n) is 8.95. The maximum Gasteiger partial charge on any atom is 0.490 e. The number of aliphatic hydroxyl groups excluding tert-OH is 2. The lowest BCUT2D eigenvalue weighted by molar-refractivity contribution is -0.745. The van der Waals surface area contributed by atoms with E-state index < -0.39 is 60.2 Å². The van der Waals surface area contributed by atoms with Crippen LogP contribution < -0.4 is 15.9 Å². The second-order valence-electron chi connectivity index (χ2n) is 6.85. The van der Waals surface area contributed by atoms with Crippen LogP contribution in [0.4, 0.5) is 5.95 Å². The van der Waals surface area contributed by atoms with Gasteiger partial charge in [0.2, 0.25) is 11.7 Å². The van der Waals surface area contributed by atoms with E-state index in [2.05, 4.69) is 27.6 Å². The lowest BCUT2D eigenvalue weighted by Gasteiger charge is -2.19. The number of aromatic amines is 1. The number of phosphoric acid groups is 3. The van der Waals surface area contributed by atoms with Crippen molar-refractivity contribution in [1.29, 1.82) is 0 Å². The van der Waals surface area contributed by atoms with Gasteiger partial charge in [-0.3, -0.25) is 23.4 Å². The number of phosphoric ester groups is 2. The van der Waals surface area contributed by atoms with Crippen molar-refractivity contribution in [3.8, 4) is 0 Å². The van der Waals surface area contributed by atoms with Crippen LogP contribution in [0.15, 0.2) is 11.1 Å². The van der Waals surface area contributed by atoms with Gasteiger partial charge in [0.25, 0.3) is 11.5 Å². The summed E-state index contributed by atoms with van der Waals surface area (Å²) >= 11 is 0. The molecule has 34 heavy (non-hydrogen) atoms. The molecule has 8 N–H and O–H groups in total. The third kappa shape index (κ3) is 5.80. The lowest BCUT2D eigenvalue weighted by Crippen LogP contribution is -2.46. The first-order chi connectivity index (χ1) is 15.6. The molecule has 0 spiro atoms. The number of aryl methyl sites for hydroxylation is 1.